The summed E-state index contributed by atoms with van der Waals surface area (Å²) in [5.41, 5.74) is 1.55. The highest BCUT2D eigenvalue weighted by molar-refractivity contribution is 5.93. The summed E-state index contributed by atoms with van der Waals surface area (Å²) < 4.78 is 0. The van der Waals surface area contributed by atoms with Gasteiger partial charge < -0.3 is 16.0 Å². The summed E-state index contributed by atoms with van der Waals surface area (Å²) in [6, 6.07) is 16.6. The molecule has 142 valence electrons. The van der Waals surface area contributed by atoms with E-state index >= 15 is 0 Å². The number of benzene rings is 1. The van der Waals surface area contributed by atoms with Crippen LogP contribution in [0.25, 0.3) is 10.8 Å². The fourth-order valence-corrected chi connectivity index (χ4v) is 3.61. The molecular weight excluding hydrogens is 348 g/mol. The number of hydrogen-bond donors (Lipinski definition) is 3. The van der Waals surface area contributed by atoms with Crippen molar-refractivity contribution in [3.8, 4) is 6.07 Å². The lowest BCUT2D eigenvalue weighted by atomic mass is 10.1. The van der Waals surface area contributed by atoms with Crippen LogP contribution < -0.4 is 16.0 Å². The molecule has 1 aliphatic heterocycles. The number of nitriles is 1. The van der Waals surface area contributed by atoms with E-state index in [1.165, 1.54) is 12.0 Å². The number of nitrogens with one attached hydrogen (secondary N) is 3. The zero-order valence-electron chi connectivity index (χ0n) is 15.9. The van der Waals surface area contributed by atoms with Crippen LogP contribution in [0.4, 0.5) is 11.6 Å². The predicted octanol–water partition coefficient (Wildman–Crippen LogP) is 3.84. The van der Waals surface area contributed by atoms with Crippen molar-refractivity contribution < 1.29 is 0 Å². The third kappa shape index (κ3) is 4.05. The van der Waals surface area contributed by atoms with Crippen LogP contribution in [-0.2, 0) is 0 Å². The number of aromatic nitrogens is 2. The van der Waals surface area contributed by atoms with E-state index in [1.54, 1.807) is 6.07 Å². The fraction of sp³-hybridized carbons (Fsp3) is 0.318. The molecule has 6 nitrogen and oxygen atoms in total. The topological polar surface area (TPSA) is 85.7 Å². The predicted molar refractivity (Wildman–Crippen MR) is 112 cm³/mol. The van der Waals surface area contributed by atoms with Gasteiger partial charge in [-0.25, -0.2) is 9.97 Å². The molecule has 0 bridgehead atoms. The first kappa shape index (κ1) is 18.2. The van der Waals surface area contributed by atoms with Gasteiger partial charge in [-0.3, -0.25) is 0 Å². The number of anilines is 2. The molecule has 0 amide bonds. The molecule has 1 aromatic carbocycles. The lowest BCUT2D eigenvalue weighted by Crippen LogP contribution is -2.38. The molecule has 0 spiro atoms. The molecule has 1 fully saturated rings. The van der Waals surface area contributed by atoms with Gasteiger partial charge in [-0.2, -0.15) is 5.26 Å². The summed E-state index contributed by atoms with van der Waals surface area (Å²) in [6.07, 6.45) is 4.11. The van der Waals surface area contributed by atoms with Crippen LogP contribution in [0, 0.1) is 11.3 Å². The average Bonchev–Trinajstić information content (AvgIpc) is 2.75. The molecule has 1 saturated heterocycles. The summed E-state index contributed by atoms with van der Waals surface area (Å²) in [4.78, 5) is 9.08. The van der Waals surface area contributed by atoms with E-state index in [4.69, 9.17) is 0 Å². The van der Waals surface area contributed by atoms with E-state index in [1.807, 2.05) is 30.5 Å². The van der Waals surface area contributed by atoms with Gasteiger partial charge in [0.1, 0.15) is 23.4 Å². The minimum Gasteiger partial charge on any atom is -0.366 e. The quantitative estimate of drug-likeness (QED) is 0.631. The van der Waals surface area contributed by atoms with Crippen molar-refractivity contribution in [3.63, 3.8) is 0 Å². The van der Waals surface area contributed by atoms with E-state index in [0.29, 0.717) is 17.6 Å². The van der Waals surface area contributed by atoms with Crippen molar-refractivity contribution in [1.29, 1.82) is 5.26 Å². The Labute approximate surface area is 165 Å². The number of nitrogens with zero attached hydrogens (tertiary/aromatic N) is 3. The van der Waals surface area contributed by atoms with E-state index in [0.717, 1.165) is 36.1 Å². The SMILES string of the molecule is C[C@@H](Nc1nc(C#N)cc2cnc(N[C@H]3CCCNC3)cc12)c1ccccc1. The molecule has 3 heterocycles. The third-order valence-corrected chi connectivity index (χ3v) is 5.13. The Hall–Kier alpha value is -3.17. The Morgan fingerprint density at radius 1 is 1.25 bits per heavy atom. The molecule has 0 aliphatic carbocycles. The Morgan fingerprint density at radius 2 is 2.11 bits per heavy atom. The van der Waals surface area contributed by atoms with Gasteiger partial charge in [-0.1, -0.05) is 30.3 Å². The number of piperidine rings is 1. The van der Waals surface area contributed by atoms with Gasteiger partial charge in [0.2, 0.25) is 0 Å². The molecule has 28 heavy (non-hydrogen) atoms. The molecule has 6 heteroatoms. The molecule has 3 N–H and O–H groups in total. The van der Waals surface area contributed by atoms with Crippen LogP contribution in [0.5, 0.6) is 0 Å². The third-order valence-electron chi connectivity index (χ3n) is 5.13. The van der Waals surface area contributed by atoms with Gasteiger partial charge in [0, 0.05) is 35.6 Å². The first-order valence-electron chi connectivity index (χ1n) is 9.72. The zero-order valence-corrected chi connectivity index (χ0v) is 15.9. The van der Waals surface area contributed by atoms with Crippen LogP contribution in [-0.4, -0.2) is 29.1 Å². The summed E-state index contributed by atoms with van der Waals surface area (Å²) in [5, 5.41) is 21.6. The number of hydrogen-bond acceptors (Lipinski definition) is 6. The lowest BCUT2D eigenvalue weighted by Gasteiger charge is -2.24. The first-order valence-corrected chi connectivity index (χ1v) is 9.72. The zero-order chi connectivity index (χ0) is 19.3. The average molecular weight is 372 g/mol. The number of fused-ring (bicyclic) bond motifs is 1. The van der Waals surface area contributed by atoms with Gasteiger partial charge in [-0.05, 0) is 44.0 Å². The van der Waals surface area contributed by atoms with Gasteiger partial charge in [0.25, 0.3) is 0 Å². The highest BCUT2D eigenvalue weighted by Crippen LogP contribution is 2.28. The summed E-state index contributed by atoms with van der Waals surface area (Å²) >= 11 is 0. The molecular formula is C22H24N6. The largest absolute Gasteiger partial charge is 0.366 e. The highest BCUT2D eigenvalue weighted by atomic mass is 15.1. The normalized spacial score (nSPS) is 17.6. The standard InChI is InChI=1S/C22H24N6/c1-15(16-6-3-2-4-7-16)26-22-20-11-21(27-18-8-5-9-24-14-18)25-13-17(20)10-19(12-23)28-22/h2-4,6-7,10-11,13,15,18,24H,5,8-9,14H2,1H3,(H,25,27)(H,26,28)/t15-,18+/m1/s1. The van der Waals surface area contributed by atoms with Crippen LogP contribution in [0.2, 0.25) is 0 Å². The molecule has 2 atom stereocenters. The second-order valence-corrected chi connectivity index (χ2v) is 7.22. The van der Waals surface area contributed by atoms with Crippen molar-refractivity contribution in [2.24, 2.45) is 0 Å². The minimum absolute atomic E-state index is 0.0676. The number of rotatable bonds is 5. The van der Waals surface area contributed by atoms with Crippen LogP contribution in [0.15, 0.2) is 48.7 Å². The lowest BCUT2D eigenvalue weighted by molar-refractivity contribution is 0.479. The van der Waals surface area contributed by atoms with E-state index in [2.05, 4.69) is 51.0 Å². The Morgan fingerprint density at radius 3 is 2.86 bits per heavy atom. The van der Waals surface area contributed by atoms with Gasteiger partial charge in [0.15, 0.2) is 0 Å². The molecule has 4 rings (SSSR count). The fourth-order valence-electron chi connectivity index (χ4n) is 3.61. The Balaban J connectivity index is 1.66. The van der Waals surface area contributed by atoms with Gasteiger partial charge >= 0.3 is 0 Å². The molecule has 2 aromatic heterocycles. The summed E-state index contributed by atoms with van der Waals surface area (Å²) in [6.45, 7) is 4.12. The van der Waals surface area contributed by atoms with Crippen LogP contribution in [0.1, 0.15) is 37.1 Å². The number of pyridine rings is 2. The molecule has 0 saturated carbocycles. The first-order chi connectivity index (χ1) is 13.7. The van der Waals surface area contributed by atoms with Gasteiger partial charge in [-0.15, -0.1) is 0 Å². The van der Waals surface area contributed by atoms with Crippen molar-refractivity contribution in [3.05, 3.63) is 59.9 Å². The van der Waals surface area contributed by atoms with E-state index in [-0.39, 0.29) is 6.04 Å². The minimum atomic E-state index is 0.0676. The molecule has 3 aromatic rings. The van der Waals surface area contributed by atoms with Crippen molar-refractivity contribution >= 4 is 22.4 Å². The monoisotopic (exact) mass is 372 g/mol. The molecule has 1 aliphatic rings. The maximum Gasteiger partial charge on any atom is 0.143 e. The molecule has 0 radical (unpaired) electrons. The van der Waals surface area contributed by atoms with E-state index < -0.39 is 0 Å². The van der Waals surface area contributed by atoms with Crippen molar-refractivity contribution in [1.82, 2.24) is 15.3 Å². The van der Waals surface area contributed by atoms with Gasteiger partial charge in [0.05, 0.1) is 0 Å². The highest BCUT2D eigenvalue weighted by Gasteiger charge is 2.15. The summed E-state index contributed by atoms with van der Waals surface area (Å²) in [5.74, 6) is 1.54. The van der Waals surface area contributed by atoms with E-state index in [9.17, 15) is 5.26 Å². The maximum atomic E-state index is 9.36. The Kier molecular flexibility index (Phi) is 5.36. The molecule has 0 unspecified atom stereocenters. The van der Waals surface area contributed by atoms with Crippen molar-refractivity contribution in [2.75, 3.05) is 23.7 Å². The Bertz CT molecular complexity index is 989. The second kappa shape index (κ2) is 8.24. The van der Waals surface area contributed by atoms with Crippen LogP contribution >= 0.6 is 0 Å². The second-order valence-electron chi connectivity index (χ2n) is 7.22. The maximum absolute atomic E-state index is 9.36. The summed E-state index contributed by atoms with van der Waals surface area (Å²) in [7, 11) is 0. The van der Waals surface area contributed by atoms with Crippen molar-refractivity contribution in [2.45, 2.75) is 31.8 Å². The smallest absolute Gasteiger partial charge is 0.143 e. The van der Waals surface area contributed by atoms with Crippen LogP contribution in [0.3, 0.4) is 0 Å².